The van der Waals surface area contributed by atoms with E-state index in [1.165, 1.54) is 44.9 Å². The average molecular weight is 377 g/mol. The Morgan fingerprint density at radius 1 is 1.11 bits per heavy atom. The molecule has 1 aromatic rings. The second-order valence-corrected chi connectivity index (χ2v) is 7.48. The number of nitrogens with zero attached hydrogens (tertiary/aromatic N) is 2. The van der Waals surface area contributed by atoms with Crippen molar-refractivity contribution in [1.29, 1.82) is 5.26 Å². The highest BCUT2D eigenvalue weighted by atomic mass is 16.5. The van der Waals surface area contributed by atoms with Gasteiger partial charge in [-0.15, -0.1) is 0 Å². The number of nitriles is 1. The van der Waals surface area contributed by atoms with Crippen LogP contribution >= 0.6 is 0 Å². The molecule has 27 heavy (non-hydrogen) atoms. The zero-order chi connectivity index (χ0) is 20.9. The summed E-state index contributed by atoms with van der Waals surface area (Å²) in [6, 6.07) is 5.51. The smallest absolute Gasteiger partial charge is 0.140 e. The zero-order valence-corrected chi connectivity index (χ0v) is 19.1. The molecule has 1 atom stereocenters. The molecular formula is C24H44N2O. The lowest BCUT2D eigenvalue weighted by Gasteiger charge is -2.20. The van der Waals surface area contributed by atoms with E-state index in [1.54, 1.807) is 12.3 Å². The normalized spacial score (nSPS) is 13.3. The van der Waals surface area contributed by atoms with Crippen LogP contribution in [0.2, 0.25) is 0 Å². The van der Waals surface area contributed by atoms with E-state index in [1.807, 2.05) is 19.1 Å². The number of pyridine rings is 1. The van der Waals surface area contributed by atoms with E-state index < -0.39 is 0 Å². The van der Waals surface area contributed by atoms with Crippen LogP contribution in [0.25, 0.3) is 0 Å². The van der Waals surface area contributed by atoms with Gasteiger partial charge in [0.25, 0.3) is 0 Å². The summed E-state index contributed by atoms with van der Waals surface area (Å²) in [5.41, 5.74) is 1.55. The first-order valence-electron chi connectivity index (χ1n) is 10.8. The molecule has 1 aromatic heterocycles. The van der Waals surface area contributed by atoms with Crippen molar-refractivity contribution in [2.24, 2.45) is 11.8 Å². The van der Waals surface area contributed by atoms with Crippen LogP contribution in [0.4, 0.5) is 0 Å². The molecule has 0 aromatic carbocycles. The predicted octanol–water partition coefficient (Wildman–Crippen LogP) is 7.33. The summed E-state index contributed by atoms with van der Waals surface area (Å²) in [5, 5.41) is 8.32. The minimum absolute atomic E-state index is 0.473. The number of aromatic nitrogens is 1. The number of unbranched alkanes of at least 4 members (excludes halogenated alkanes) is 3. The number of ether oxygens (including phenoxy) is 1. The molecule has 3 heteroatoms. The largest absolute Gasteiger partial charge is 0.381 e. The van der Waals surface area contributed by atoms with Crippen LogP contribution in [-0.2, 0) is 4.74 Å². The van der Waals surface area contributed by atoms with Gasteiger partial charge in [-0.25, -0.2) is 4.98 Å². The van der Waals surface area contributed by atoms with E-state index in [0.717, 1.165) is 30.6 Å². The third-order valence-electron chi connectivity index (χ3n) is 4.33. The van der Waals surface area contributed by atoms with Gasteiger partial charge in [0.1, 0.15) is 11.8 Å². The van der Waals surface area contributed by atoms with E-state index >= 15 is 0 Å². The molecule has 1 aliphatic rings. The summed E-state index contributed by atoms with van der Waals surface area (Å²) in [4.78, 5) is 3.84. The van der Waals surface area contributed by atoms with Gasteiger partial charge in [0.05, 0.1) is 13.2 Å². The summed E-state index contributed by atoms with van der Waals surface area (Å²) >= 11 is 0. The first-order chi connectivity index (χ1) is 12.9. The lowest BCUT2D eigenvalue weighted by Crippen LogP contribution is -2.23. The zero-order valence-electron chi connectivity index (χ0n) is 19.1. The Balaban J connectivity index is 0. The summed E-state index contributed by atoms with van der Waals surface area (Å²) in [6.45, 7) is 17.3. The summed E-state index contributed by atoms with van der Waals surface area (Å²) in [5.74, 6) is 1.80. The molecule has 1 fully saturated rings. The molecule has 2 heterocycles. The van der Waals surface area contributed by atoms with Crippen LogP contribution in [0.3, 0.4) is 0 Å². The maximum atomic E-state index is 8.32. The molecule has 2 rings (SSSR count). The van der Waals surface area contributed by atoms with E-state index in [9.17, 15) is 0 Å². The van der Waals surface area contributed by atoms with Gasteiger partial charge in [0.15, 0.2) is 0 Å². The van der Waals surface area contributed by atoms with Crippen molar-refractivity contribution < 1.29 is 4.74 Å². The third-order valence-corrected chi connectivity index (χ3v) is 4.33. The lowest BCUT2D eigenvalue weighted by atomic mass is 10.0. The summed E-state index contributed by atoms with van der Waals surface area (Å²) in [7, 11) is 0. The Morgan fingerprint density at radius 3 is 2.00 bits per heavy atom. The summed E-state index contributed by atoms with van der Waals surface area (Å²) in [6.07, 6.45) is 11.3. The van der Waals surface area contributed by atoms with Crippen LogP contribution < -0.4 is 0 Å². The van der Waals surface area contributed by atoms with Crippen LogP contribution in [0.5, 0.6) is 0 Å². The van der Waals surface area contributed by atoms with Crippen LogP contribution in [0.15, 0.2) is 18.3 Å². The standard InChI is InChI=1S/C9H20.C7H6N2.C4H8O.C4H10/c1-4-6-7-8-9(3)5-2;1-6-2-3-7(4-8)9-5-6;1-4-2-5-3-4;1-3-4-2/h9H,4-8H2,1-3H3;2-3,5H,1H3;4H,2-3H2,1H3;3-4H2,1-2H3. The number of rotatable bonds is 6. The van der Waals surface area contributed by atoms with Crippen LogP contribution in [0.1, 0.15) is 97.7 Å². The monoisotopic (exact) mass is 376 g/mol. The van der Waals surface area contributed by atoms with Crippen molar-refractivity contribution in [3.63, 3.8) is 0 Å². The summed E-state index contributed by atoms with van der Waals surface area (Å²) < 4.78 is 4.83. The fourth-order valence-corrected chi connectivity index (χ4v) is 1.83. The molecular weight excluding hydrogens is 332 g/mol. The fraction of sp³-hybridized carbons (Fsp3) is 0.750. The third kappa shape index (κ3) is 20.8. The molecule has 0 amide bonds. The van der Waals surface area contributed by atoms with Crippen molar-refractivity contribution in [3.05, 3.63) is 29.6 Å². The molecule has 1 saturated heterocycles. The van der Waals surface area contributed by atoms with Gasteiger partial charge in [0, 0.05) is 12.1 Å². The van der Waals surface area contributed by atoms with Crippen molar-refractivity contribution in [2.75, 3.05) is 13.2 Å². The lowest BCUT2D eigenvalue weighted by molar-refractivity contribution is -0.0221. The fourth-order valence-electron chi connectivity index (χ4n) is 1.83. The van der Waals surface area contributed by atoms with E-state index in [2.05, 4.69) is 46.5 Å². The maximum Gasteiger partial charge on any atom is 0.140 e. The maximum absolute atomic E-state index is 8.32. The molecule has 1 aliphatic heterocycles. The van der Waals surface area contributed by atoms with Gasteiger partial charge in [-0.05, 0) is 24.5 Å². The Kier molecular flexibility index (Phi) is 21.5. The SMILES string of the molecule is CC1COC1.CCCC.CCCCCC(C)CC.Cc1ccc(C#N)nc1. The Bertz CT molecular complexity index is 444. The average Bonchev–Trinajstić information content (AvgIpc) is 2.68. The topological polar surface area (TPSA) is 45.9 Å². The first kappa shape index (κ1) is 27.8. The van der Waals surface area contributed by atoms with Crippen molar-refractivity contribution in [1.82, 2.24) is 4.98 Å². The van der Waals surface area contributed by atoms with Crippen LogP contribution in [0, 0.1) is 30.1 Å². The van der Waals surface area contributed by atoms with Gasteiger partial charge in [-0.1, -0.05) is 92.6 Å². The number of aryl methyl sites for hydroxylation is 1. The molecule has 156 valence electrons. The number of hydrogen-bond acceptors (Lipinski definition) is 3. The molecule has 1 unspecified atom stereocenters. The minimum Gasteiger partial charge on any atom is -0.381 e. The molecule has 0 bridgehead atoms. The second kappa shape index (κ2) is 20.9. The van der Waals surface area contributed by atoms with Gasteiger partial charge in [-0.2, -0.15) is 5.26 Å². The molecule has 0 aliphatic carbocycles. The minimum atomic E-state index is 0.473. The van der Waals surface area contributed by atoms with Crippen LogP contribution in [-0.4, -0.2) is 18.2 Å². The second-order valence-electron chi connectivity index (χ2n) is 7.48. The highest BCUT2D eigenvalue weighted by Crippen LogP contribution is 2.11. The van der Waals surface area contributed by atoms with E-state index in [0.29, 0.717) is 5.69 Å². The van der Waals surface area contributed by atoms with Gasteiger partial charge >= 0.3 is 0 Å². The quantitative estimate of drug-likeness (QED) is 0.488. The van der Waals surface area contributed by atoms with Gasteiger partial charge in [0.2, 0.25) is 0 Å². The molecule has 0 saturated carbocycles. The number of hydrogen-bond donors (Lipinski definition) is 0. The Labute approximate surface area is 169 Å². The van der Waals surface area contributed by atoms with Gasteiger partial charge < -0.3 is 4.74 Å². The van der Waals surface area contributed by atoms with E-state index in [4.69, 9.17) is 10.00 Å². The predicted molar refractivity (Wildman–Crippen MR) is 118 cm³/mol. The van der Waals surface area contributed by atoms with Gasteiger partial charge in [-0.3, -0.25) is 0 Å². The van der Waals surface area contributed by atoms with Crippen molar-refractivity contribution in [2.45, 2.75) is 93.4 Å². The Hall–Kier alpha value is -1.40. The van der Waals surface area contributed by atoms with Crippen molar-refractivity contribution in [3.8, 4) is 6.07 Å². The first-order valence-corrected chi connectivity index (χ1v) is 10.8. The molecule has 3 nitrogen and oxygen atoms in total. The molecule has 0 N–H and O–H groups in total. The highest BCUT2D eigenvalue weighted by molar-refractivity contribution is 5.22. The van der Waals surface area contributed by atoms with Crippen molar-refractivity contribution >= 4 is 0 Å². The van der Waals surface area contributed by atoms with E-state index in [-0.39, 0.29) is 0 Å². The molecule has 0 spiro atoms. The molecule has 0 radical (unpaired) electrons. The highest BCUT2D eigenvalue weighted by Gasteiger charge is 2.09. The Morgan fingerprint density at radius 2 is 1.70 bits per heavy atom.